The molecule has 2 aromatic rings. The third-order valence-electron chi connectivity index (χ3n) is 2.10. The Bertz CT molecular complexity index is 540. The first-order valence-electron chi connectivity index (χ1n) is 5.18. The van der Waals surface area contributed by atoms with Crippen LogP contribution in [-0.2, 0) is 0 Å². The Balaban J connectivity index is 1.96. The minimum Gasteiger partial charge on any atom is -0.308 e. The molecule has 6 nitrogen and oxygen atoms in total. The molecular formula is C12H10N4O2. The van der Waals surface area contributed by atoms with E-state index in [0.717, 1.165) is 6.29 Å². The summed E-state index contributed by atoms with van der Waals surface area (Å²) in [6, 6.07) is 7.70. The Morgan fingerprint density at radius 2 is 1.72 bits per heavy atom. The van der Waals surface area contributed by atoms with Gasteiger partial charge in [0.25, 0.3) is 0 Å². The van der Waals surface area contributed by atoms with Crippen LogP contribution >= 0.6 is 0 Å². The fourth-order valence-electron chi connectivity index (χ4n) is 1.27. The number of amides is 2. The smallest absolute Gasteiger partial charge is 0.308 e. The van der Waals surface area contributed by atoms with Crippen molar-refractivity contribution >= 4 is 24.0 Å². The molecule has 0 fully saturated rings. The molecule has 1 aromatic heterocycles. The first-order valence-corrected chi connectivity index (χ1v) is 5.18. The molecule has 0 unspecified atom stereocenters. The van der Waals surface area contributed by atoms with Crippen LogP contribution in [0.3, 0.4) is 0 Å². The minimum atomic E-state index is -0.444. The molecule has 0 aliphatic heterocycles. The van der Waals surface area contributed by atoms with Gasteiger partial charge in [0.15, 0.2) is 0 Å². The molecule has 0 saturated carbocycles. The highest BCUT2D eigenvalue weighted by atomic mass is 16.2. The summed E-state index contributed by atoms with van der Waals surface area (Å²) in [5, 5.41) is 5.07. The van der Waals surface area contributed by atoms with Crippen molar-refractivity contribution in [1.82, 2.24) is 9.97 Å². The van der Waals surface area contributed by atoms with Crippen molar-refractivity contribution in [3.05, 3.63) is 48.3 Å². The molecule has 6 heteroatoms. The monoisotopic (exact) mass is 242 g/mol. The molecule has 2 N–H and O–H groups in total. The maximum Gasteiger partial charge on any atom is 0.326 e. The molecule has 90 valence electrons. The molecule has 0 aliphatic rings. The van der Waals surface area contributed by atoms with Gasteiger partial charge in [0.05, 0.1) is 0 Å². The van der Waals surface area contributed by atoms with Crippen LogP contribution in [-0.4, -0.2) is 22.3 Å². The SMILES string of the molecule is O=Cc1ccc(NC(=O)Nc2ncccn2)cc1. The topological polar surface area (TPSA) is 84.0 Å². The van der Waals surface area contributed by atoms with Crippen LogP contribution < -0.4 is 10.6 Å². The van der Waals surface area contributed by atoms with E-state index in [1.807, 2.05) is 0 Å². The summed E-state index contributed by atoms with van der Waals surface area (Å²) in [4.78, 5) is 29.7. The number of urea groups is 1. The van der Waals surface area contributed by atoms with Gasteiger partial charge in [-0.05, 0) is 30.3 Å². The Morgan fingerprint density at radius 1 is 1.06 bits per heavy atom. The highest BCUT2D eigenvalue weighted by Gasteiger charge is 2.03. The molecule has 0 spiro atoms. The number of aromatic nitrogens is 2. The summed E-state index contributed by atoms with van der Waals surface area (Å²) < 4.78 is 0. The summed E-state index contributed by atoms with van der Waals surface area (Å²) >= 11 is 0. The largest absolute Gasteiger partial charge is 0.326 e. The van der Waals surface area contributed by atoms with Gasteiger partial charge < -0.3 is 5.32 Å². The number of hydrogen-bond acceptors (Lipinski definition) is 4. The zero-order valence-electron chi connectivity index (χ0n) is 9.33. The van der Waals surface area contributed by atoms with Crippen molar-refractivity contribution in [1.29, 1.82) is 0 Å². The van der Waals surface area contributed by atoms with Crippen molar-refractivity contribution in [2.45, 2.75) is 0 Å². The standard InChI is InChI=1S/C12H10N4O2/c17-8-9-2-4-10(5-3-9)15-12(18)16-11-13-6-1-7-14-11/h1-8H,(H2,13,14,15,16,18). The van der Waals surface area contributed by atoms with E-state index < -0.39 is 6.03 Å². The number of benzene rings is 1. The van der Waals surface area contributed by atoms with Gasteiger partial charge in [-0.3, -0.25) is 10.1 Å². The summed E-state index contributed by atoms with van der Waals surface area (Å²) in [6.45, 7) is 0. The first-order chi connectivity index (χ1) is 8.78. The minimum absolute atomic E-state index is 0.222. The lowest BCUT2D eigenvalue weighted by molar-refractivity contribution is 0.112. The van der Waals surface area contributed by atoms with Gasteiger partial charge in [-0.25, -0.2) is 14.8 Å². The lowest BCUT2D eigenvalue weighted by Crippen LogP contribution is -2.20. The number of aldehydes is 1. The van der Waals surface area contributed by atoms with E-state index in [-0.39, 0.29) is 5.95 Å². The summed E-state index contributed by atoms with van der Waals surface area (Å²) in [5.41, 5.74) is 1.13. The van der Waals surface area contributed by atoms with Gasteiger partial charge in [0.2, 0.25) is 5.95 Å². The van der Waals surface area contributed by atoms with E-state index in [1.165, 1.54) is 12.4 Å². The molecular weight excluding hydrogens is 232 g/mol. The van der Waals surface area contributed by atoms with E-state index in [4.69, 9.17) is 0 Å². The van der Waals surface area contributed by atoms with Crippen LogP contribution in [0.4, 0.5) is 16.4 Å². The third kappa shape index (κ3) is 3.11. The van der Waals surface area contributed by atoms with Gasteiger partial charge in [-0.1, -0.05) is 0 Å². The maximum absolute atomic E-state index is 11.6. The second-order valence-corrected chi connectivity index (χ2v) is 3.39. The van der Waals surface area contributed by atoms with Crippen molar-refractivity contribution in [3.8, 4) is 0 Å². The Hall–Kier alpha value is -2.76. The average Bonchev–Trinajstić information content (AvgIpc) is 2.40. The number of hydrogen-bond donors (Lipinski definition) is 2. The van der Waals surface area contributed by atoms with Gasteiger partial charge in [0.1, 0.15) is 6.29 Å². The highest BCUT2D eigenvalue weighted by molar-refractivity contribution is 5.98. The Labute approximate surface area is 103 Å². The molecule has 0 saturated heterocycles. The van der Waals surface area contributed by atoms with E-state index >= 15 is 0 Å². The zero-order chi connectivity index (χ0) is 12.8. The molecule has 1 heterocycles. The summed E-state index contributed by atoms with van der Waals surface area (Å²) in [7, 11) is 0. The maximum atomic E-state index is 11.6. The molecule has 0 atom stereocenters. The fourth-order valence-corrected chi connectivity index (χ4v) is 1.27. The molecule has 18 heavy (non-hydrogen) atoms. The second kappa shape index (κ2) is 5.53. The van der Waals surface area contributed by atoms with Crippen LogP contribution in [0.1, 0.15) is 10.4 Å². The lowest BCUT2D eigenvalue weighted by atomic mass is 10.2. The van der Waals surface area contributed by atoms with Crippen LogP contribution in [0.25, 0.3) is 0 Å². The number of nitrogens with zero attached hydrogens (tertiary/aromatic N) is 2. The number of rotatable bonds is 3. The van der Waals surface area contributed by atoms with Gasteiger partial charge in [-0.15, -0.1) is 0 Å². The fraction of sp³-hybridized carbons (Fsp3) is 0. The molecule has 0 radical (unpaired) electrons. The molecule has 0 bridgehead atoms. The predicted molar refractivity (Wildman–Crippen MR) is 66.5 cm³/mol. The molecule has 0 aliphatic carbocycles. The quantitative estimate of drug-likeness (QED) is 0.805. The van der Waals surface area contributed by atoms with E-state index in [1.54, 1.807) is 30.3 Å². The predicted octanol–water partition coefficient (Wildman–Crippen LogP) is 1.93. The normalized spacial score (nSPS) is 9.56. The van der Waals surface area contributed by atoms with Crippen LogP contribution in [0, 0.1) is 0 Å². The van der Waals surface area contributed by atoms with Crippen molar-refractivity contribution in [2.75, 3.05) is 10.6 Å². The van der Waals surface area contributed by atoms with Crippen LogP contribution in [0.2, 0.25) is 0 Å². The number of carbonyl (C=O) groups excluding carboxylic acids is 2. The molecule has 1 aromatic carbocycles. The van der Waals surface area contributed by atoms with Crippen molar-refractivity contribution < 1.29 is 9.59 Å². The first kappa shape index (κ1) is 11.7. The lowest BCUT2D eigenvalue weighted by Gasteiger charge is -2.05. The number of anilines is 2. The number of nitrogens with one attached hydrogen (secondary N) is 2. The van der Waals surface area contributed by atoms with Gasteiger partial charge in [-0.2, -0.15) is 0 Å². The van der Waals surface area contributed by atoms with Gasteiger partial charge in [0, 0.05) is 23.6 Å². The molecule has 2 amide bonds. The second-order valence-electron chi connectivity index (χ2n) is 3.39. The average molecular weight is 242 g/mol. The van der Waals surface area contributed by atoms with E-state index in [9.17, 15) is 9.59 Å². The van der Waals surface area contributed by atoms with Crippen molar-refractivity contribution in [3.63, 3.8) is 0 Å². The third-order valence-corrected chi connectivity index (χ3v) is 2.10. The van der Waals surface area contributed by atoms with E-state index in [0.29, 0.717) is 11.3 Å². The Kier molecular flexibility index (Phi) is 3.60. The van der Waals surface area contributed by atoms with Gasteiger partial charge >= 0.3 is 6.03 Å². The van der Waals surface area contributed by atoms with Crippen molar-refractivity contribution in [2.24, 2.45) is 0 Å². The Morgan fingerprint density at radius 3 is 2.33 bits per heavy atom. The van der Waals surface area contributed by atoms with Crippen LogP contribution in [0.15, 0.2) is 42.7 Å². The molecule has 2 rings (SSSR count). The summed E-state index contributed by atoms with van der Waals surface area (Å²) in [5.74, 6) is 0.222. The summed E-state index contributed by atoms with van der Waals surface area (Å²) in [6.07, 6.45) is 3.80. The van der Waals surface area contributed by atoms with E-state index in [2.05, 4.69) is 20.6 Å². The number of carbonyl (C=O) groups is 2. The highest BCUT2D eigenvalue weighted by Crippen LogP contribution is 2.08. The van der Waals surface area contributed by atoms with Crippen LogP contribution in [0.5, 0.6) is 0 Å². The zero-order valence-corrected chi connectivity index (χ0v) is 9.33.